The van der Waals surface area contributed by atoms with Crippen molar-refractivity contribution >= 4 is 40.2 Å². The zero-order valence-corrected chi connectivity index (χ0v) is 19.7. The molecule has 9 heteroatoms. The lowest BCUT2D eigenvalue weighted by atomic mass is 9.73. The van der Waals surface area contributed by atoms with Crippen LogP contribution in [-0.2, 0) is 21.1 Å². The van der Waals surface area contributed by atoms with Crippen LogP contribution >= 0.6 is 0 Å². The van der Waals surface area contributed by atoms with Gasteiger partial charge in [-0.1, -0.05) is 23.3 Å². The third-order valence-electron chi connectivity index (χ3n) is 5.19. The van der Waals surface area contributed by atoms with Gasteiger partial charge in [-0.3, -0.25) is 4.79 Å². The van der Waals surface area contributed by atoms with Crippen molar-refractivity contribution in [2.75, 3.05) is 14.1 Å². The summed E-state index contributed by atoms with van der Waals surface area (Å²) in [5.74, 6) is -0.697. The van der Waals surface area contributed by atoms with Gasteiger partial charge < -0.3 is 9.69 Å². The molecule has 0 fully saturated rings. The van der Waals surface area contributed by atoms with Gasteiger partial charge in [0.15, 0.2) is 0 Å². The summed E-state index contributed by atoms with van der Waals surface area (Å²) >= 11 is 0. The molecular formula is C24H23BN3O4S. The number of carbonyl (C=O) groups excluding carboxylic acids is 2. The lowest BCUT2D eigenvalue weighted by molar-refractivity contribution is 0.103. The molecule has 0 saturated heterocycles. The lowest BCUT2D eigenvalue weighted by Gasteiger charge is -2.13. The summed E-state index contributed by atoms with van der Waals surface area (Å²) in [4.78, 5) is 25.7. The van der Waals surface area contributed by atoms with E-state index >= 15 is 0 Å². The maximum Gasteiger partial charge on any atom is 0.268 e. The van der Waals surface area contributed by atoms with Crippen LogP contribution in [0.4, 0.5) is 0 Å². The van der Waals surface area contributed by atoms with E-state index in [1.165, 1.54) is 31.7 Å². The van der Waals surface area contributed by atoms with Crippen molar-refractivity contribution in [1.29, 1.82) is 5.26 Å². The number of carbonyl (C=O) groups is 2. The Kier molecular flexibility index (Phi) is 6.89. The van der Waals surface area contributed by atoms with Crippen LogP contribution in [0, 0.1) is 25.2 Å². The number of rotatable bonds is 8. The number of Topliss-reactive ketones (excluding diaryl/α,β-unsaturated/α-hetero) is 1. The third-order valence-corrected chi connectivity index (χ3v) is 6.94. The molecule has 0 atom stereocenters. The largest absolute Gasteiger partial charge is 0.382 e. The maximum atomic E-state index is 13.7. The van der Waals surface area contributed by atoms with Gasteiger partial charge in [0.1, 0.15) is 17.3 Å². The average molecular weight is 460 g/mol. The van der Waals surface area contributed by atoms with Crippen LogP contribution in [0.5, 0.6) is 0 Å². The molecular weight excluding hydrogens is 437 g/mol. The van der Waals surface area contributed by atoms with Crippen LogP contribution in [0.25, 0.3) is 10.9 Å². The normalized spacial score (nSPS) is 11.8. The number of benzene rings is 2. The van der Waals surface area contributed by atoms with Gasteiger partial charge in [-0.05, 0) is 56.1 Å². The Morgan fingerprint density at radius 3 is 2.39 bits per heavy atom. The van der Waals surface area contributed by atoms with E-state index in [4.69, 9.17) is 0 Å². The molecule has 0 aliphatic carbocycles. The van der Waals surface area contributed by atoms with Gasteiger partial charge in [0.05, 0.1) is 16.6 Å². The highest BCUT2D eigenvalue weighted by Gasteiger charge is 2.28. The van der Waals surface area contributed by atoms with Crippen LogP contribution in [-0.4, -0.2) is 50.6 Å². The van der Waals surface area contributed by atoms with E-state index in [0.717, 1.165) is 20.7 Å². The summed E-state index contributed by atoms with van der Waals surface area (Å²) < 4.78 is 28.4. The van der Waals surface area contributed by atoms with E-state index in [2.05, 4.69) is 0 Å². The predicted octanol–water partition coefficient (Wildman–Crippen LogP) is 3.04. The second kappa shape index (κ2) is 9.47. The molecule has 0 aliphatic heterocycles. The fourth-order valence-electron chi connectivity index (χ4n) is 3.55. The number of nitrogens with zero attached hydrogens (tertiary/aromatic N) is 3. The zero-order valence-electron chi connectivity index (χ0n) is 18.9. The van der Waals surface area contributed by atoms with Crippen LogP contribution in [0.3, 0.4) is 0 Å². The highest BCUT2D eigenvalue weighted by atomic mass is 32.2. The minimum Gasteiger partial charge on any atom is -0.382 e. The Morgan fingerprint density at radius 1 is 1.15 bits per heavy atom. The van der Waals surface area contributed by atoms with Crippen LogP contribution in [0.15, 0.2) is 59.1 Å². The van der Waals surface area contributed by atoms with E-state index in [9.17, 15) is 23.3 Å². The van der Waals surface area contributed by atoms with Gasteiger partial charge in [0.2, 0.25) is 13.1 Å². The first kappa shape index (κ1) is 24.0. The SMILES string of the molecule is Cc1ccc(S(=O)(=O)n2c(C(=O)C(C#N)=CN(C)C)cc3cc(C)c(C[B]C=O)cc32)cc1. The quantitative estimate of drug-likeness (QED) is 0.168. The number of ketones is 1. The van der Waals surface area contributed by atoms with Gasteiger partial charge >= 0.3 is 0 Å². The Balaban J connectivity index is 2.37. The number of nitriles is 1. The number of hydrogen-bond donors (Lipinski definition) is 0. The molecule has 1 aromatic heterocycles. The van der Waals surface area contributed by atoms with E-state index in [1.807, 2.05) is 19.9 Å². The highest BCUT2D eigenvalue weighted by molar-refractivity contribution is 7.90. The summed E-state index contributed by atoms with van der Waals surface area (Å²) in [6, 6.07) is 13.2. The van der Waals surface area contributed by atoms with Crippen LogP contribution in [0.1, 0.15) is 27.2 Å². The fraction of sp³-hybridized carbons (Fsp3) is 0.208. The van der Waals surface area contributed by atoms with E-state index < -0.39 is 15.8 Å². The average Bonchev–Trinajstić information content (AvgIpc) is 3.14. The fourth-order valence-corrected chi connectivity index (χ4v) is 5.05. The van der Waals surface area contributed by atoms with Crippen molar-refractivity contribution < 1.29 is 18.0 Å². The molecule has 0 saturated carbocycles. The van der Waals surface area contributed by atoms with Crippen molar-refractivity contribution in [2.45, 2.75) is 25.1 Å². The molecule has 3 aromatic rings. The molecule has 3 rings (SSSR count). The number of hydrogen-bond acceptors (Lipinski definition) is 6. The van der Waals surface area contributed by atoms with E-state index in [-0.39, 0.29) is 16.2 Å². The first-order valence-corrected chi connectivity index (χ1v) is 11.6. The van der Waals surface area contributed by atoms with E-state index in [0.29, 0.717) is 23.4 Å². The van der Waals surface area contributed by atoms with Gasteiger partial charge in [0.25, 0.3) is 10.0 Å². The number of allylic oxidation sites excluding steroid dienone is 1. The molecule has 0 amide bonds. The summed E-state index contributed by atoms with van der Waals surface area (Å²) in [5, 5.41) is 10.1. The summed E-state index contributed by atoms with van der Waals surface area (Å²) in [6.45, 7) is 3.70. The van der Waals surface area contributed by atoms with Crippen molar-refractivity contribution in [2.24, 2.45) is 0 Å². The Hall–Kier alpha value is -3.64. The van der Waals surface area contributed by atoms with Gasteiger partial charge in [-0.25, -0.2) is 12.4 Å². The summed E-state index contributed by atoms with van der Waals surface area (Å²) in [7, 11) is 0.609. The molecule has 167 valence electrons. The van der Waals surface area contributed by atoms with Gasteiger partial charge in [-0.15, -0.1) is 0 Å². The lowest BCUT2D eigenvalue weighted by Crippen LogP contribution is -2.20. The van der Waals surface area contributed by atoms with Crippen molar-refractivity contribution in [3.63, 3.8) is 0 Å². The number of aryl methyl sites for hydroxylation is 2. The molecule has 1 radical (unpaired) electrons. The molecule has 1 heterocycles. The smallest absolute Gasteiger partial charge is 0.268 e. The van der Waals surface area contributed by atoms with Crippen molar-refractivity contribution in [1.82, 2.24) is 8.87 Å². The summed E-state index contributed by atoms with van der Waals surface area (Å²) in [6.07, 6.45) is 2.37. The summed E-state index contributed by atoms with van der Waals surface area (Å²) in [5.41, 5.74) is 2.50. The standard InChI is InChI=1S/C24H23BN3O4S/c1-16-5-7-21(8-6-16)33(31,32)28-22-11-19(12-25-15-29)17(2)9-18(22)10-23(28)24(30)20(13-26)14-27(3)4/h5-11,14-15H,12H2,1-4H3. The van der Waals surface area contributed by atoms with Crippen molar-refractivity contribution in [3.05, 3.63) is 76.6 Å². The van der Waals surface area contributed by atoms with Gasteiger partial charge in [0, 0.05) is 25.7 Å². The zero-order chi connectivity index (χ0) is 24.3. The first-order valence-electron chi connectivity index (χ1n) is 10.2. The monoisotopic (exact) mass is 460 g/mol. The molecule has 2 aromatic carbocycles. The van der Waals surface area contributed by atoms with Crippen LogP contribution in [0.2, 0.25) is 0 Å². The Morgan fingerprint density at radius 2 is 1.82 bits per heavy atom. The van der Waals surface area contributed by atoms with Gasteiger partial charge in [-0.2, -0.15) is 5.26 Å². The Labute approximate surface area is 194 Å². The Bertz CT molecular complexity index is 1410. The van der Waals surface area contributed by atoms with Crippen LogP contribution < -0.4 is 0 Å². The number of fused-ring (bicyclic) bond motifs is 1. The highest BCUT2D eigenvalue weighted by Crippen LogP contribution is 2.30. The molecule has 33 heavy (non-hydrogen) atoms. The number of aromatic nitrogens is 1. The van der Waals surface area contributed by atoms with E-state index in [1.54, 1.807) is 43.3 Å². The third kappa shape index (κ3) is 4.76. The second-order valence-corrected chi connectivity index (χ2v) is 9.76. The molecule has 7 nitrogen and oxygen atoms in total. The molecule has 0 aliphatic rings. The first-order chi connectivity index (χ1) is 15.6. The topological polar surface area (TPSA) is 100 Å². The molecule has 0 bridgehead atoms. The predicted molar refractivity (Wildman–Crippen MR) is 128 cm³/mol. The van der Waals surface area contributed by atoms with Crippen molar-refractivity contribution in [3.8, 4) is 6.07 Å². The molecule has 0 N–H and O–H groups in total. The second-order valence-electron chi connectivity index (χ2n) is 7.97. The molecule has 0 spiro atoms. The minimum atomic E-state index is -4.17. The minimum absolute atomic E-state index is 0.0244. The molecule has 0 unspecified atom stereocenters. The maximum absolute atomic E-state index is 13.7.